The molecule has 0 bridgehead atoms. The van der Waals surface area contributed by atoms with Gasteiger partial charge in [0.25, 0.3) is 0 Å². The minimum Gasteiger partial charge on any atom is -0.351 e. The number of nitrogens with two attached hydrogens (primary N) is 1. The van der Waals surface area contributed by atoms with Crippen LogP contribution >= 0.6 is 0 Å². The maximum Gasteiger partial charge on any atom is 0.151 e. The molecule has 0 fully saturated rings. The molecule has 0 aliphatic carbocycles. The number of rotatable bonds is 4. The number of hydrogen-bond donors (Lipinski definition) is 1. The van der Waals surface area contributed by atoms with Crippen LogP contribution in [0.3, 0.4) is 0 Å². The zero-order valence-electron chi connectivity index (χ0n) is 11.2. The Hall–Kier alpha value is -1.68. The monoisotopic (exact) mass is 244 g/mol. The molecule has 0 atom stereocenters. The Kier molecular flexibility index (Phi) is 3.77. The van der Waals surface area contributed by atoms with Gasteiger partial charge in [-0.05, 0) is 32.9 Å². The number of aryl methyl sites for hydroxylation is 1. The van der Waals surface area contributed by atoms with E-state index in [1.807, 2.05) is 31.2 Å². The molecular weight excluding hydrogens is 224 g/mol. The number of hydrogen-bond acceptors (Lipinski definition) is 4. The number of benzene rings is 1. The van der Waals surface area contributed by atoms with Gasteiger partial charge in [-0.3, -0.25) is 0 Å². The van der Waals surface area contributed by atoms with Crippen LogP contribution in [0.15, 0.2) is 24.3 Å². The van der Waals surface area contributed by atoms with Gasteiger partial charge in [0.05, 0.1) is 16.7 Å². The highest BCUT2D eigenvalue weighted by Crippen LogP contribution is 2.21. The third-order valence-corrected chi connectivity index (χ3v) is 2.99. The van der Waals surface area contributed by atoms with Crippen LogP contribution in [-0.4, -0.2) is 29.1 Å². The summed E-state index contributed by atoms with van der Waals surface area (Å²) in [5.41, 5.74) is 8.50. The molecule has 0 aliphatic rings. The Bertz CT molecular complexity index is 536. The molecule has 1 heterocycles. The predicted octanol–water partition coefficient (Wildman–Crippen LogP) is 2.11. The number of nitrogens with zero attached hydrogens (tertiary/aromatic N) is 3. The molecule has 0 aliphatic heterocycles. The van der Waals surface area contributed by atoms with Crippen LogP contribution in [0, 0.1) is 6.92 Å². The van der Waals surface area contributed by atoms with E-state index in [1.54, 1.807) is 0 Å². The summed E-state index contributed by atoms with van der Waals surface area (Å²) in [5, 5.41) is 0. The minimum atomic E-state index is 0.364. The van der Waals surface area contributed by atoms with Crippen LogP contribution in [0.25, 0.3) is 11.0 Å². The highest BCUT2D eigenvalue weighted by Gasteiger charge is 2.15. The molecule has 1 aromatic carbocycles. The molecule has 4 nitrogen and oxygen atoms in total. The van der Waals surface area contributed by atoms with E-state index in [2.05, 4.69) is 23.7 Å². The number of para-hydroxylation sites is 2. The molecule has 96 valence electrons. The lowest BCUT2D eigenvalue weighted by Crippen LogP contribution is -2.36. The first-order chi connectivity index (χ1) is 8.63. The smallest absolute Gasteiger partial charge is 0.151 e. The molecule has 2 rings (SSSR count). The van der Waals surface area contributed by atoms with Gasteiger partial charge in [-0.15, -0.1) is 0 Å². The third-order valence-electron chi connectivity index (χ3n) is 2.99. The van der Waals surface area contributed by atoms with Gasteiger partial charge in [0.15, 0.2) is 5.82 Å². The molecule has 2 aromatic rings. The topological polar surface area (TPSA) is 55.0 Å². The van der Waals surface area contributed by atoms with Crippen LogP contribution in [-0.2, 0) is 0 Å². The van der Waals surface area contributed by atoms with Crippen molar-refractivity contribution < 1.29 is 0 Å². The largest absolute Gasteiger partial charge is 0.351 e. The zero-order chi connectivity index (χ0) is 13.1. The average molecular weight is 244 g/mol. The third kappa shape index (κ3) is 2.43. The molecular formula is C14H20N4. The van der Waals surface area contributed by atoms with Crippen molar-refractivity contribution in [1.29, 1.82) is 0 Å². The molecule has 2 N–H and O–H groups in total. The van der Waals surface area contributed by atoms with Crippen molar-refractivity contribution in [2.24, 2.45) is 5.73 Å². The fourth-order valence-corrected chi connectivity index (χ4v) is 2.10. The van der Waals surface area contributed by atoms with Crippen molar-refractivity contribution in [2.45, 2.75) is 26.8 Å². The summed E-state index contributed by atoms with van der Waals surface area (Å²) in [5.74, 6) is 0.939. The van der Waals surface area contributed by atoms with E-state index in [4.69, 9.17) is 10.7 Å². The first-order valence-electron chi connectivity index (χ1n) is 6.33. The molecule has 1 aromatic heterocycles. The minimum absolute atomic E-state index is 0.364. The summed E-state index contributed by atoms with van der Waals surface area (Å²) in [6.45, 7) is 7.70. The molecule has 0 saturated carbocycles. The summed E-state index contributed by atoms with van der Waals surface area (Å²) >= 11 is 0. The van der Waals surface area contributed by atoms with Crippen molar-refractivity contribution in [3.8, 4) is 0 Å². The standard InChI is InChI=1S/C14H20N4/c1-10(2)18(9-8-15)14-11(3)16-12-6-4-5-7-13(12)17-14/h4-7,10H,8-9,15H2,1-3H3. The Balaban J connectivity index is 2.51. The van der Waals surface area contributed by atoms with Gasteiger partial charge in [0.1, 0.15) is 0 Å². The highest BCUT2D eigenvalue weighted by atomic mass is 15.2. The van der Waals surface area contributed by atoms with Gasteiger partial charge in [-0.25, -0.2) is 9.97 Å². The molecule has 0 unspecified atom stereocenters. The van der Waals surface area contributed by atoms with E-state index in [0.29, 0.717) is 12.6 Å². The lowest BCUT2D eigenvalue weighted by atomic mass is 10.2. The van der Waals surface area contributed by atoms with E-state index >= 15 is 0 Å². The Labute approximate surface area is 108 Å². The van der Waals surface area contributed by atoms with E-state index in [0.717, 1.165) is 29.1 Å². The Morgan fingerprint density at radius 2 is 1.78 bits per heavy atom. The molecule has 18 heavy (non-hydrogen) atoms. The first-order valence-corrected chi connectivity index (χ1v) is 6.33. The Morgan fingerprint density at radius 3 is 2.33 bits per heavy atom. The number of anilines is 1. The summed E-state index contributed by atoms with van der Waals surface area (Å²) in [7, 11) is 0. The van der Waals surface area contributed by atoms with Gasteiger partial charge in [-0.2, -0.15) is 0 Å². The number of fused-ring (bicyclic) bond motifs is 1. The summed E-state index contributed by atoms with van der Waals surface area (Å²) < 4.78 is 0. The van der Waals surface area contributed by atoms with Crippen LogP contribution in [0.2, 0.25) is 0 Å². The Morgan fingerprint density at radius 1 is 1.17 bits per heavy atom. The van der Waals surface area contributed by atoms with Gasteiger partial charge in [0, 0.05) is 19.1 Å². The molecule has 0 radical (unpaired) electrons. The van der Waals surface area contributed by atoms with Crippen molar-refractivity contribution in [3.05, 3.63) is 30.0 Å². The fourth-order valence-electron chi connectivity index (χ4n) is 2.10. The van der Waals surface area contributed by atoms with Gasteiger partial charge in [-0.1, -0.05) is 12.1 Å². The van der Waals surface area contributed by atoms with Crippen LogP contribution < -0.4 is 10.6 Å². The molecule has 0 saturated heterocycles. The summed E-state index contributed by atoms with van der Waals surface area (Å²) in [4.78, 5) is 11.5. The maximum absolute atomic E-state index is 5.68. The molecule has 0 amide bonds. The highest BCUT2D eigenvalue weighted by molar-refractivity contribution is 5.76. The molecule has 0 spiro atoms. The zero-order valence-corrected chi connectivity index (χ0v) is 11.2. The van der Waals surface area contributed by atoms with Gasteiger partial charge in [0.2, 0.25) is 0 Å². The second-order valence-corrected chi connectivity index (χ2v) is 4.70. The van der Waals surface area contributed by atoms with Crippen molar-refractivity contribution >= 4 is 16.9 Å². The van der Waals surface area contributed by atoms with E-state index in [-0.39, 0.29) is 0 Å². The first kappa shape index (κ1) is 12.8. The van der Waals surface area contributed by atoms with Gasteiger partial charge < -0.3 is 10.6 Å². The molecule has 4 heteroatoms. The quantitative estimate of drug-likeness (QED) is 0.895. The SMILES string of the molecule is Cc1nc2ccccc2nc1N(CCN)C(C)C. The lowest BCUT2D eigenvalue weighted by Gasteiger charge is -2.28. The average Bonchev–Trinajstić information content (AvgIpc) is 2.35. The second-order valence-electron chi connectivity index (χ2n) is 4.70. The maximum atomic E-state index is 5.68. The van der Waals surface area contributed by atoms with Gasteiger partial charge >= 0.3 is 0 Å². The number of aromatic nitrogens is 2. The van der Waals surface area contributed by atoms with Crippen LogP contribution in [0.5, 0.6) is 0 Å². The van der Waals surface area contributed by atoms with E-state index in [1.165, 1.54) is 0 Å². The fraction of sp³-hybridized carbons (Fsp3) is 0.429. The predicted molar refractivity (Wildman–Crippen MR) is 75.8 cm³/mol. The van der Waals surface area contributed by atoms with Crippen LogP contribution in [0.1, 0.15) is 19.5 Å². The lowest BCUT2D eigenvalue weighted by molar-refractivity contribution is 0.672. The van der Waals surface area contributed by atoms with Crippen molar-refractivity contribution in [3.63, 3.8) is 0 Å². The van der Waals surface area contributed by atoms with Crippen LogP contribution in [0.4, 0.5) is 5.82 Å². The van der Waals surface area contributed by atoms with Crippen molar-refractivity contribution in [2.75, 3.05) is 18.0 Å². The summed E-state index contributed by atoms with van der Waals surface area (Å²) in [6, 6.07) is 8.31. The van der Waals surface area contributed by atoms with Crippen molar-refractivity contribution in [1.82, 2.24) is 9.97 Å². The normalized spacial score (nSPS) is 11.2. The summed E-state index contributed by atoms with van der Waals surface area (Å²) in [6.07, 6.45) is 0. The van der Waals surface area contributed by atoms with E-state index in [9.17, 15) is 0 Å². The van der Waals surface area contributed by atoms with E-state index < -0.39 is 0 Å². The second kappa shape index (κ2) is 5.31.